The summed E-state index contributed by atoms with van der Waals surface area (Å²) in [5.74, 6) is -0.336. The van der Waals surface area contributed by atoms with Crippen LogP contribution in [0.1, 0.15) is 24.9 Å². The van der Waals surface area contributed by atoms with E-state index in [0.29, 0.717) is 6.42 Å². The molecule has 0 fully saturated rings. The molecule has 1 atom stereocenters. The Labute approximate surface area is 137 Å². The van der Waals surface area contributed by atoms with Crippen molar-refractivity contribution in [2.24, 2.45) is 0 Å². The van der Waals surface area contributed by atoms with Gasteiger partial charge >= 0.3 is 0 Å². The normalized spacial score (nSPS) is 12.0. The SMILES string of the molecule is CCC(NC(=O)Cn1ncc(Cl)c(Cl)c1=O)c1ccncc1. The molecule has 0 aliphatic heterocycles. The lowest BCUT2D eigenvalue weighted by Gasteiger charge is -2.17. The van der Waals surface area contributed by atoms with E-state index in [1.165, 1.54) is 6.20 Å². The highest BCUT2D eigenvalue weighted by Gasteiger charge is 2.15. The molecular weight excluding hydrogens is 327 g/mol. The van der Waals surface area contributed by atoms with Crippen molar-refractivity contribution < 1.29 is 4.79 Å². The summed E-state index contributed by atoms with van der Waals surface area (Å²) in [5, 5.41) is 6.57. The average Bonchev–Trinajstić information content (AvgIpc) is 2.54. The van der Waals surface area contributed by atoms with Crippen LogP contribution in [-0.4, -0.2) is 20.7 Å². The molecule has 2 rings (SSSR count). The number of pyridine rings is 1. The van der Waals surface area contributed by atoms with Crippen molar-refractivity contribution in [3.8, 4) is 0 Å². The number of nitrogens with one attached hydrogen (secondary N) is 1. The zero-order valence-electron chi connectivity index (χ0n) is 11.8. The maximum atomic E-state index is 12.1. The molecule has 1 unspecified atom stereocenters. The van der Waals surface area contributed by atoms with E-state index >= 15 is 0 Å². The highest BCUT2D eigenvalue weighted by atomic mass is 35.5. The molecule has 0 aliphatic rings. The van der Waals surface area contributed by atoms with Crippen molar-refractivity contribution in [3.05, 3.63) is 56.7 Å². The number of carbonyl (C=O) groups excluding carboxylic acids is 1. The van der Waals surface area contributed by atoms with Gasteiger partial charge < -0.3 is 5.32 Å². The lowest BCUT2D eigenvalue weighted by atomic mass is 10.1. The lowest BCUT2D eigenvalue weighted by Crippen LogP contribution is -2.35. The van der Waals surface area contributed by atoms with E-state index in [4.69, 9.17) is 23.2 Å². The summed E-state index contributed by atoms with van der Waals surface area (Å²) in [6.07, 6.45) is 5.27. The first-order valence-corrected chi connectivity index (χ1v) is 7.39. The van der Waals surface area contributed by atoms with Crippen molar-refractivity contribution in [2.75, 3.05) is 0 Å². The Kier molecular flexibility index (Phi) is 5.51. The van der Waals surface area contributed by atoms with Crippen LogP contribution < -0.4 is 10.9 Å². The van der Waals surface area contributed by atoms with E-state index in [0.717, 1.165) is 10.2 Å². The van der Waals surface area contributed by atoms with Gasteiger partial charge in [0.2, 0.25) is 5.91 Å². The molecule has 116 valence electrons. The highest BCUT2D eigenvalue weighted by molar-refractivity contribution is 6.41. The van der Waals surface area contributed by atoms with Crippen LogP contribution in [-0.2, 0) is 11.3 Å². The fourth-order valence-electron chi connectivity index (χ4n) is 1.95. The molecule has 8 heteroatoms. The molecule has 0 bridgehead atoms. The zero-order valence-corrected chi connectivity index (χ0v) is 13.3. The maximum Gasteiger partial charge on any atom is 0.287 e. The topological polar surface area (TPSA) is 76.9 Å². The first kappa shape index (κ1) is 16.5. The second kappa shape index (κ2) is 7.38. The van der Waals surface area contributed by atoms with Gasteiger partial charge in [0.05, 0.1) is 17.3 Å². The quantitative estimate of drug-likeness (QED) is 0.905. The molecule has 22 heavy (non-hydrogen) atoms. The number of aromatic nitrogens is 3. The summed E-state index contributed by atoms with van der Waals surface area (Å²) in [7, 11) is 0. The van der Waals surface area contributed by atoms with Crippen LogP contribution in [0.3, 0.4) is 0 Å². The van der Waals surface area contributed by atoms with Gasteiger partial charge in [-0.15, -0.1) is 0 Å². The third-order valence-electron chi connectivity index (χ3n) is 3.09. The minimum absolute atomic E-state index is 0.0616. The van der Waals surface area contributed by atoms with Crippen LogP contribution in [0.25, 0.3) is 0 Å². The molecule has 2 aromatic rings. The molecule has 0 aliphatic carbocycles. The molecular formula is C14H14Cl2N4O2. The van der Waals surface area contributed by atoms with Gasteiger partial charge in [-0.05, 0) is 24.1 Å². The summed E-state index contributed by atoms with van der Waals surface area (Å²) in [5.41, 5.74) is 0.349. The zero-order chi connectivity index (χ0) is 16.1. The Morgan fingerprint density at radius 2 is 2.05 bits per heavy atom. The van der Waals surface area contributed by atoms with Gasteiger partial charge in [-0.25, -0.2) is 4.68 Å². The Morgan fingerprint density at radius 3 is 2.68 bits per heavy atom. The van der Waals surface area contributed by atoms with Crippen LogP contribution in [0.15, 0.2) is 35.5 Å². The number of nitrogens with zero attached hydrogens (tertiary/aromatic N) is 3. The largest absolute Gasteiger partial charge is 0.348 e. The summed E-state index contributed by atoms with van der Waals surface area (Å²) in [6.45, 7) is 1.73. The number of hydrogen-bond acceptors (Lipinski definition) is 4. The first-order chi connectivity index (χ1) is 10.5. The maximum absolute atomic E-state index is 12.1. The third kappa shape index (κ3) is 3.84. The van der Waals surface area contributed by atoms with Gasteiger partial charge in [0.25, 0.3) is 5.56 Å². The summed E-state index contributed by atoms with van der Waals surface area (Å²) < 4.78 is 0.975. The van der Waals surface area contributed by atoms with Crippen LogP contribution in [0.2, 0.25) is 10.0 Å². The molecule has 0 saturated carbocycles. The van der Waals surface area contributed by atoms with Crippen molar-refractivity contribution >= 4 is 29.1 Å². The Hall–Kier alpha value is -1.92. The molecule has 0 radical (unpaired) electrons. The van der Waals surface area contributed by atoms with Gasteiger partial charge in [-0.1, -0.05) is 30.1 Å². The molecule has 2 heterocycles. The van der Waals surface area contributed by atoms with Gasteiger partial charge in [0.1, 0.15) is 11.6 Å². The first-order valence-electron chi connectivity index (χ1n) is 6.63. The fraction of sp³-hybridized carbons (Fsp3) is 0.286. The minimum atomic E-state index is -0.596. The molecule has 1 N–H and O–H groups in total. The predicted octanol–water partition coefficient (Wildman–Crippen LogP) is 2.21. The van der Waals surface area contributed by atoms with E-state index in [-0.39, 0.29) is 28.5 Å². The van der Waals surface area contributed by atoms with Crippen molar-refractivity contribution in [1.82, 2.24) is 20.1 Å². The Morgan fingerprint density at radius 1 is 1.36 bits per heavy atom. The second-order valence-corrected chi connectivity index (χ2v) is 5.36. The monoisotopic (exact) mass is 340 g/mol. The summed E-state index contributed by atoms with van der Waals surface area (Å²) >= 11 is 11.4. The average molecular weight is 341 g/mol. The van der Waals surface area contributed by atoms with Crippen LogP contribution in [0.4, 0.5) is 0 Å². The predicted molar refractivity (Wildman–Crippen MR) is 83.9 cm³/mol. The van der Waals surface area contributed by atoms with Crippen LogP contribution >= 0.6 is 23.2 Å². The number of rotatable bonds is 5. The number of amides is 1. The van der Waals surface area contributed by atoms with Crippen LogP contribution in [0, 0.1) is 0 Å². The molecule has 0 aromatic carbocycles. The van der Waals surface area contributed by atoms with Gasteiger partial charge in [-0.2, -0.15) is 5.10 Å². The van der Waals surface area contributed by atoms with Gasteiger partial charge in [0.15, 0.2) is 0 Å². The smallest absolute Gasteiger partial charge is 0.287 e. The number of hydrogen-bond donors (Lipinski definition) is 1. The fourth-order valence-corrected chi connectivity index (χ4v) is 2.22. The van der Waals surface area contributed by atoms with E-state index in [1.807, 2.05) is 19.1 Å². The van der Waals surface area contributed by atoms with Gasteiger partial charge in [0, 0.05) is 12.4 Å². The standard InChI is InChI=1S/C14H14Cl2N4O2/c1-2-11(9-3-5-17-6-4-9)19-12(21)8-20-14(22)13(16)10(15)7-18-20/h3-7,11H,2,8H2,1H3,(H,19,21). The number of carbonyl (C=O) groups is 1. The molecule has 0 spiro atoms. The highest BCUT2D eigenvalue weighted by Crippen LogP contribution is 2.16. The molecule has 2 aromatic heterocycles. The Balaban J connectivity index is 2.10. The van der Waals surface area contributed by atoms with Crippen molar-refractivity contribution in [3.63, 3.8) is 0 Å². The van der Waals surface area contributed by atoms with Crippen molar-refractivity contribution in [1.29, 1.82) is 0 Å². The van der Waals surface area contributed by atoms with E-state index < -0.39 is 5.56 Å². The van der Waals surface area contributed by atoms with E-state index in [9.17, 15) is 9.59 Å². The summed E-state index contributed by atoms with van der Waals surface area (Å²) in [6, 6.07) is 3.50. The summed E-state index contributed by atoms with van der Waals surface area (Å²) in [4.78, 5) is 27.9. The van der Waals surface area contributed by atoms with Crippen LogP contribution in [0.5, 0.6) is 0 Å². The van der Waals surface area contributed by atoms with Crippen molar-refractivity contribution in [2.45, 2.75) is 25.9 Å². The molecule has 6 nitrogen and oxygen atoms in total. The second-order valence-electron chi connectivity index (χ2n) is 4.58. The van der Waals surface area contributed by atoms with E-state index in [1.54, 1.807) is 12.4 Å². The molecule has 1 amide bonds. The minimum Gasteiger partial charge on any atom is -0.348 e. The Bertz CT molecular complexity index is 719. The van der Waals surface area contributed by atoms with E-state index in [2.05, 4.69) is 15.4 Å². The van der Waals surface area contributed by atoms with Gasteiger partial charge in [-0.3, -0.25) is 14.6 Å². The third-order valence-corrected chi connectivity index (χ3v) is 3.84. The number of halogens is 2. The molecule has 0 saturated heterocycles. The lowest BCUT2D eigenvalue weighted by molar-refractivity contribution is -0.122.